The molecule has 2 aromatic carbocycles. The molecule has 1 aromatic heterocycles. The van der Waals surface area contributed by atoms with Crippen LogP contribution in [0.1, 0.15) is 25.6 Å². The van der Waals surface area contributed by atoms with Crippen molar-refractivity contribution in [3.8, 4) is 0 Å². The van der Waals surface area contributed by atoms with E-state index in [1.165, 1.54) is 43.6 Å². The van der Waals surface area contributed by atoms with Gasteiger partial charge in [-0.05, 0) is 47.3 Å². The SMILES string of the molecule is CN(C)S(=O)(=O)c1ccc(CNC(=O)c2ccc(Cl)c(NC(=O)c3cccs3)c2)cc1. The van der Waals surface area contributed by atoms with Gasteiger partial charge < -0.3 is 10.6 Å². The molecule has 31 heavy (non-hydrogen) atoms. The first-order chi connectivity index (χ1) is 14.7. The number of carbonyl (C=O) groups excluding carboxylic acids is 2. The second-order valence-electron chi connectivity index (χ2n) is 6.74. The molecule has 2 amide bonds. The minimum atomic E-state index is -3.50. The highest BCUT2D eigenvalue weighted by atomic mass is 35.5. The van der Waals surface area contributed by atoms with E-state index < -0.39 is 10.0 Å². The number of halogens is 1. The minimum Gasteiger partial charge on any atom is -0.348 e. The quantitative estimate of drug-likeness (QED) is 0.540. The van der Waals surface area contributed by atoms with Crippen molar-refractivity contribution in [2.45, 2.75) is 11.4 Å². The first kappa shape index (κ1) is 23.0. The van der Waals surface area contributed by atoms with Gasteiger partial charge in [-0.3, -0.25) is 9.59 Å². The second-order valence-corrected chi connectivity index (χ2v) is 10.2. The highest BCUT2D eigenvalue weighted by molar-refractivity contribution is 7.89. The van der Waals surface area contributed by atoms with E-state index in [4.69, 9.17) is 11.6 Å². The van der Waals surface area contributed by atoms with Gasteiger partial charge in [-0.1, -0.05) is 29.8 Å². The van der Waals surface area contributed by atoms with E-state index in [0.717, 1.165) is 9.87 Å². The summed E-state index contributed by atoms with van der Waals surface area (Å²) in [7, 11) is -0.573. The minimum absolute atomic E-state index is 0.177. The zero-order valence-electron chi connectivity index (χ0n) is 16.8. The van der Waals surface area contributed by atoms with Crippen molar-refractivity contribution in [2.24, 2.45) is 0 Å². The van der Waals surface area contributed by atoms with Crippen molar-refractivity contribution in [1.29, 1.82) is 0 Å². The lowest BCUT2D eigenvalue weighted by Gasteiger charge is -2.12. The van der Waals surface area contributed by atoms with Gasteiger partial charge in [0.2, 0.25) is 10.0 Å². The average molecular weight is 478 g/mol. The van der Waals surface area contributed by atoms with Crippen LogP contribution in [0.3, 0.4) is 0 Å². The molecule has 0 saturated heterocycles. The van der Waals surface area contributed by atoms with E-state index in [0.29, 0.717) is 21.2 Å². The van der Waals surface area contributed by atoms with Crippen LogP contribution in [0.4, 0.5) is 5.69 Å². The summed E-state index contributed by atoms with van der Waals surface area (Å²) in [6.07, 6.45) is 0. The maximum Gasteiger partial charge on any atom is 0.265 e. The molecule has 0 atom stereocenters. The Balaban J connectivity index is 1.66. The third-order valence-electron chi connectivity index (χ3n) is 4.38. The lowest BCUT2D eigenvalue weighted by Crippen LogP contribution is -2.24. The molecule has 10 heteroatoms. The summed E-state index contributed by atoms with van der Waals surface area (Å²) in [5.41, 5.74) is 1.41. The zero-order chi connectivity index (χ0) is 22.6. The number of nitrogens with one attached hydrogen (secondary N) is 2. The van der Waals surface area contributed by atoms with E-state index in [1.807, 2.05) is 0 Å². The van der Waals surface area contributed by atoms with Crippen molar-refractivity contribution in [3.05, 3.63) is 81.0 Å². The summed E-state index contributed by atoms with van der Waals surface area (Å²) in [6, 6.07) is 14.4. The number of hydrogen-bond donors (Lipinski definition) is 2. The van der Waals surface area contributed by atoms with Crippen LogP contribution in [0.25, 0.3) is 0 Å². The summed E-state index contributed by atoms with van der Waals surface area (Å²) in [4.78, 5) is 25.5. The van der Waals surface area contributed by atoms with E-state index in [2.05, 4.69) is 10.6 Å². The van der Waals surface area contributed by atoms with Gasteiger partial charge in [0, 0.05) is 26.2 Å². The van der Waals surface area contributed by atoms with Gasteiger partial charge in [-0.2, -0.15) is 0 Å². The smallest absolute Gasteiger partial charge is 0.265 e. The maximum atomic E-state index is 12.5. The standard InChI is InChI=1S/C21H20ClN3O4S2/c1-25(2)31(28,29)16-8-5-14(6-9-16)13-23-20(26)15-7-10-17(22)18(12-15)24-21(27)19-4-3-11-30-19/h3-12H,13H2,1-2H3,(H,23,26)(H,24,27). The van der Waals surface area contributed by atoms with Crippen molar-refractivity contribution in [3.63, 3.8) is 0 Å². The third kappa shape index (κ3) is 5.50. The van der Waals surface area contributed by atoms with Crippen molar-refractivity contribution in [1.82, 2.24) is 9.62 Å². The lowest BCUT2D eigenvalue weighted by molar-refractivity contribution is 0.0949. The van der Waals surface area contributed by atoms with Gasteiger partial charge in [0.15, 0.2) is 0 Å². The van der Waals surface area contributed by atoms with Crippen molar-refractivity contribution < 1.29 is 18.0 Å². The highest BCUT2D eigenvalue weighted by Crippen LogP contribution is 2.24. The van der Waals surface area contributed by atoms with Crippen LogP contribution in [-0.4, -0.2) is 38.6 Å². The number of benzene rings is 2. The predicted molar refractivity (Wildman–Crippen MR) is 122 cm³/mol. The van der Waals surface area contributed by atoms with Gasteiger partial charge in [0.05, 0.1) is 20.5 Å². The Morgan fingerprint density at radius 2 is 1.74 bits per heavy atom. The van der Waals surface area contributed by atoms with E-state index in [-0.39, 0.29) is 23.3 Å². The van der Waals surface area contributed by atoms with Gasteiger partial charge in [-0.25, -0.2) is 12.7 Å². The number of hydrogen-bond acceptors (Lipinski definition) is 5. The molecule has 1 heterocycles. The molecule has 3 aromatic rings. The lowest BCUT2D eigenvalue weighted by atomic mass is 10.1. The molecule has 0 radical (unpaired) electrons. The van der Waals surface area contributed by atoms with E-state index in [1.54, 1.807) is 41.8 Å². The zero-order valence-corrected chi connectivity index (χ0v) is 19.1. The molecular formula is C21H20ClN3O4S2. The molecule has 0 aliphatic carbocycles. The molecule has 3 rings (SSSR count). The third-order valence-corrected chi connectivity index (χ3v) is 7.40. The van der Waals surface area contributed by atoms with Crippen LogP contribution in [0.2, 0.25) is 5.02 Å². The normalized spacial score (nSPS) is 11.4. The monoisotopic (exact) mass is 477 g/mol. The molecule has 162 valence electrons. The molecular weight excluding hydrogens is 458 g/mol. The Morgan fingerprint density at radius 3 is 2.35 bits per heavy atom. The van der Waals surface area contributed by atoms with Crippen LogP contribution in [0, 0.1) is 0 Å². The van der Waals surface area contributed by atoms with Crippen molar-refractivity contribution >= 4 is 50.5 Å². The number of anilines is 1. The summed E-state index contributed by atoms with van der Waals surface area (Å²) >= 11 is 7.46. The first-order valence-electron chi connectivity index (χ1n) is 9.12. The highest BCUT2D eigenvalue weighted by Gasteiger charge is 2.17. The van der Waals surface area contributed by atoms with Crippen LogP contribution >= 0.6 is 22.9 Å². The predicted octanol–water partition coefficient (Wildman–Crippen LogP) is 3.83. The largest absolute Gasteiger partial charge is 0.348 e. The van der Waals surface area contributed by atoms with Crippen LogP contribution in [-0.2, 0) is 16.6 Å². The van der Waals surface area contributed by atoms with Crippen LogP contribution in [0.5, 0.6) is 0 Å². The Bertz CT molecular complexity index is 1190. The number of rotatable bonds is 7. The van der Waals surface area contributed by atoms with E-state index >= 15 is 0 Å². The topological polar surface area (TPSA) is 95.6 Å². The summed E-state index contributed by atoms with van der Waals surface area (Å²) in [5.74, 6) is -0.657. The number of carbonyl (C=O) groups is 2. The fourth-order valence-electron chi connectivity index (χ4n) is 2.63. The van der Waals surface area contributed by atoms with Gasteiger partial charge >= 0.3 is 0 Å². The molecule has 0 aliphatic heterocycles. The number of thiophene rings is 1. The van der Waals surface area contributed by atoms with Gasteiger partial charge in [-0.15, -0.1) is 11.3 Å². The molecule has 7 nitrogen and oxygen atoms in total. The van der Waals surface area contributed by atoms with Crippen LogP contribution < -0.4 is 10.6 Å². The molecule has 0 unspecified atom stereocenters. The number of sulfonamides is 1. The first-order valence-corrected chi connectivity index (χ1v) is 11.8. The van der Waals surface area contributed by atoms with Crippen molar-refractivity contribution in [2.75, 3.05) is 19.4 Å². The molecule has 0 aliphatic rings. The average Bonchev–Trinajstić information content (AvgIpc) is 3.29. The van der Waals surface area contributed by atoms with Gasteiger partial charge in [0.25, 0.3) is 11.8 Å². The maximum absolute atomic E-state index is 12.5. The Labute approximate surface area is 189 Å². The molecule has 0 fully saturated rings. The molecule has 0 spiro atoms. The molecule has 0 bridgehead atoms. The Hall–Kier alpha value is -2.72. The van der Waals surface area contributed by atoms with Gasteiger partial charge in [0.1, 0.15) is 0 Å². The number of amides is 2. The summed E-state index contributed by atoms with van der Waals surface area (Å²) in [5, 5.41) is 7.59. The second kappa shape index (κ2) is 9.61. The summed E-state index contributed by atoms with van der Waals surface area (Å²) in [6.45, 7) is 0.209. The van der Waals surface area contributed by atoms with Crippen LogP contribution in [0.15, 0.2) is 64.9 Å². The summed E-state index contributed by atoms with van der Waals surface area (Å²) < 4.78 is 25.4. The Kier molecular flexibility index (Phi) is 7.11. The molecule has 0 saturated carbocycles. The fraction of sp³-hybridized carbons (Fsp3) is 0.143. The number of nitrogens with zero attached hydrogens (tertiary/aromatic N) is 1. The Morgan fingerprint density at radius 1 is 1.03 bits per heavy atom. The fourth-order valence-corrected chi connectivity index (χ4v) is 4.31. The van der Waals surface area contributed by atoms with E-state index in [9.17, 15) is 18.0 Å². The molecule has 2 N–H and O–H groups in total.